The number of anilines is 1. The van der Waals surface area contributed by atoms with E-state index in [2.05, 4.69) is 39.1 Å². The number of carbonyl (C=O) groups is 1. The summed E-state index contributed by atoms with van der Waals surface area (Å²) in [5, 5.41) is 22.0. The van der Waals surface area contributed by atoms with Gasteiger partial charge in [-0.05, 0) is 56.9 Å². The number of halogens is 1. The maximum Gasteiger partial charge on any atom is 0.219 e. The molecular weight excluding hydrogens is 501 g/mol. The Morgan fingerprint density at radius 1 is 1.13 bits per heavy atom. The van der Waals surface area contributed by atoms with Gasteiger partial charge in [0, 0.05) is 58.9 Å². The molecule has 1 amide bonds. The minimum atomic E-state index is -0.315. The smallest absolute Gasteiger partial charge is 0.219 e. The molecule has 3 aromatic heterocycles. The molecule has 2 bridgehead atoms. The summed E-state index contributed by atoms with van der Waals surface area (Å²) in [6.45, 7) is 3.76. The fraction of sp³-hybridized carbons (Fsp3) is 0.357. The van der Waals surface area contributed by atoms with Crippen LogP contribution in [0.5, 0.6) is 0 Å². The van der Waals surface area contributed by atoms with Crippen molar-refractivity contribution in [2.75, 3.05) is 12.4 Å². The molecule has 0 spiro atoms. The molecule has 3 atom stereocenters. The number of nitriles is 1. The number of carbonyl (C=O) groups excluding carboxylic acids is 1. The topological polar surface area (TPSA) is 91.2 Å². The molecule has 2 aliphatic heterocycles. The van der Waals surface area contributed by atoms with Crippen molar-refractivity contribution in [1.82, 2.24) is 24.3 Å². The van der Waals surface area contributed by atoms with Crippen LogP contribution in [0.3, 0.4) is 0 Å². The standard InChI is InChI=1S/C28H28FN7OS/c1-16-24(14-33-36(16)23-10-21-5-6-22(11-23)35(21)17(2)37)18-8-27(28-19(12-30)13-32-34(28)15-18)38-26-7-4-20(29)9-25(26)31-3/h4,7-9,13-15,21-23,31H,5-6,10-11H2,1-3H3/t21-,22+,23-. The van der Waals surface area contributed by atoms with Gasteiger partial charge in [-0.3, -0.25) is 9.48 Å². The van der Waals surface area contributed by atoms with E-state index in [1.165, 1.54) is 23.9 Å². The number of benzene rings is 1. The number of hydrogen-bond donors (Lipinski definition) is 1. The van der Waals surface area contributed by atoms with Gasteiger partial charge in [-0.15, -0.1) is 0 Å². The number of piperidine rings is 1. The minimum Gasteiger partial charge on any atom is -0.387 e. The van der Waals surface area contributed by atoms with Crippen LogP contribution in [0.25, 0.3) is 16.6 Å². The molecule has 0 unspecified atom stereocenters. The summed E-state index contributed by atoms with van der Waals surface area (Å²) < 4.78 is 17.7. The molecule has 5 heterocycles. The van der Waals surface area contributed by atoms with E-state index in [1.807, 2.05) is 12.4 Å². The Hall–Kier alpha value is -3.84. The SMILES string of the molecule is CNc1cc(F)ccc1Sc1cc(-c2cnn([C@@H]3C[C@H]4CC[C@@H](C3)N4C(C)=O)c2C)cn2ncc(C#N)c12. The van der Waals surface area contributed by atoms with Gasteiger partial charge < -0.3 is 10.2 Å². The summed E-state index contributed by atoms with van der Waals surface area (Å²) in [6.07, 6.45) is 9.35. The average molecular weight is 530 g/mol. The second-order valence-electron chi connectivity index (χ2n) is 10.1. The molecule has 10 heteroatoms. The Bertz CT molecular complexity index is 1590. The summed E-state index contributed by atoms with van der Waals surface area (Å²) in [4.78, 5) is 15.9. The van der Waals surface area contributed by atoms with Gasteiger partial charge in [0.25, 0.3) is 0 Å². The lowest BCUT2D eigenvalue weighted by Gasteiger charge is -2.38. The fourth-order valence-corrected chi connectivity index (χ4v) is 7.36. The minimum absolute atomic E-state index is 0.172. The van der Waals surface area contributed by atoms with Gasteiger partial charge in [-0.2, -0.15) is 15.5 Å². The Labute approximate surface area is 224 Å². The number of amides is 1. The van der Waals surface area contributed by atoms with Crippen molar-refractivity contribution in [1.29, 1.82) is 5.26 Å². The van der Waals surface area contributed by atoms with Crippen molar-refractivity contribution in [3.05, 3.63) is 59.9 Å². The normalized spacial score (nSPS) is 20.6. The molecule has 194 valence electrons. The molecule has 4 aromatic rings. The molecule has 2 aliphatic rings. The Balaban J connectivity index is 1.39. The third-order valence-electron chi connectivity index (χ3n) is 7.90. The van der Waals surface area contributed by atoms with Crippen molar-refractivity contribution < 1.29 is 9.18 Å². The largest absolute Gasteiger partial charge is 0.387 e. The van der Waals surface area contributed by atoms with Crippen LogP contribution >= 0.6 is 11.8 Å². The number of pyridine rings is 1. The van der Waals surface area contributed by atoms with Crippen molar-refractivity contribution in [2.24, 2.45) is 0 Å². The molecule has 2 saturated heterocycles. The molecule has 1 N–H and O–H groups in total. The van der Waals surface area contributed by atoms with Crippen LogP contribution in [0.1, 0.15) is 49.9 Å². The number of nitrogens with zero attached hydrogens (tertiary/aromatic N) is 6. The van der Waals surface area contributed by atoms with Crippen LogP contribution < -0.4 is 5.32 Å². The van der Waals surface area contributed by atoms with E-state index >= 15 is 0 Å². The highest BCUT2D eigenvalue weighted by Crippen LogP contribution is 2.43. The predicted octanol–water partition coefficient (Wildman–Crippen LogP) is 5.42. The van der Waals surface area contributed by atoms with Crippen LogP contribution in [-0.4, -0.2) is 49.3 Å². The van der Waals surface area contributed by atoms with Crippen molar-refractivity contribution in [2.45, 2.75) is 67.4 Å². The predicted molar refractivity (Wildman–Crippen MR) is 144 cm³/mol. The van der Waals surface area contributed by atoms with Gasteiger partial charge in [-0.1, -0.05) is 11.8 Å². The van der Waals surface area contributed by atoms with Crippen molar-refractivity contribution in [3.8, 4) is 17.2 Å². The maximum atomic E-state index is 13.9. The summed E-state index contributed by atoms with van der Waals surface area (Å²) >= 11 is 1.47. The third-order valence-corrected chi connectivity index (χ3v) is 9.01. The first-order valence-electron chi connectivity index (χ1n) is 12.8. The Morgan fingerprint density at radius 3 is 2.58 bits per heavy atom. The molecule has 6 rings (SSSR count). The zero-order valence-electron chi connectivity index (χ0n) is 21.5. The van der Waals surface area contributed by atoms with E-state index in [-0.39, 0.29) is 29.8 Å². The molecule has 1 aromatic carbocycles. The van der Waals surface area contributed by atoms with E-state index in [9.17, 15) is 14.4 Å². The second kappa shape index (κ2) is 9.48. The molecular formula is C28H28FN7OS. The zero-order valence-corrected chi connectivity index (χ0v) is 22.3. The van der Waals surface area contributed by atoms with Gasteiger partial charge in [-0.25, -0.2) is 8.91 Å². The van der Waals surface area contributed by atoms with Crippen molar-refractivity contribution in [3.63, 3.8) is 0 Å². The number of aromatic nitrogens is 4. The first-order valence-corrected chi connectivity index (χ1v) is 13.6. The molecule has 0 aliphatic carbocycles. The molecule has 38 heavy (non-hydrogen) atoms. The lowest BCUT2D eigenvalue weighted by Crippen LogP contribution is -2.46. The Kier molecular flexibility index (Phi) is 6.11. The van der Waals surface area contributed by atoms with Crippen LogP contribution in [0, 0.1) is 24.1 Å². The summed E-state index contributed by atoms with van der Waals surface area (Å²) in [5.74, 6) is -0.143. The summed E-state index contributed by atoms with van der Waals surface area (Å²) in [6, 6.07) is 9.76. The molecule has 2 fully saturated rings. The van der Waals surface area contributed by atoms with Gasteiger partial charge in [0.05, 0.1) is 35.2 Å². The fourth-order valence-electron chi connectivity index (χ4n) is 6.23. The number of fused-ring (bicyclic) bond motifs is 3. The average Bonchev–Trinajstić information content (AvgIpc) is 3.58. The third kappa shape index (κ3) is 4.02. The van der Waals surface area contributed by atoms with E-state index in [1.54, 1.807) is 30.8 Å². The van der Waals surface area contributed by atoms with Gasteiger partial charge >= 0.3 is 0 Å². The lowest BCUT2D eigenvalue weighted by atomic mass is 9.97. The number of hydrogen-bond acceptors (Lipinski definition) is 6. The summed E-state index contributed by atoms with van der Waals surface area (Å²) in [7, 11) is 1.76. The van der Waals surface area contributed by atoms with Crippen molar-refractivity contribution >= 4 is 28.9 Å². The zero-order chi connectivity index (χ0) is 26.6. The molecule has 8 nitrogen and oxygen atoms in total. The number of rotatable bonds is 5. The van der Waals surface area contributed by atoms with Crippen LogP contribution in [-0.2, 0) is 4.79 Å². The maximum absolute atomic E-state index is 13.9. The summed E-state index contributed by atoms with van der Waals surface area (Å²) in [5.41, 5.74) is 4.86. The highest BCUT2D eigenvalue weighted by molar-refractivity contribution is 7.99. The highest BCUT2D eigenvalue weighted by atomic mass is 32.2. The van der Waals surface area contributed by atoms with Gasteiger partial charge in [0.2, 0.25) is 5.91 Å². The van der Waals surface area contributed by atoms with E-state index in [0.717, 1.165) is 52.3 Å². The van der Waals surface area contributed by atoms with E-state index in [0.29, 0.717) is 16.8 Å². The van der Waals surface area contributed by atoms with E-state index in [4.69, 9.17) is 5.10 Å². The second-order valence-corrected chi connectivity index (χ2v) is 11.2. The monoisotopic (exact) mass is 529 g/mol. The van der Waals surface area contributed by atoms with Gasteiger partial charge in [0.15, 0.2) is 0 Å². The van der Waals surface area contributed by atoms with Crippen LogP contribution in [0.15, 0.2) is 52.6 Å². The number of nitrogens with one attached hydrogen (secondary N) is 1. The van der Waals surface area contributed by atoms with Crippen LogP contribution in [0.2, 0.25) is 0 Å². The lowest BCUT2D eigenvalue weighted by molar-refractivity contribution is -0.133. The molecule has 0 saturated carbocycles. The quantitative estimate of drug-likeness (QED) is 0.371. The highest BCUT2D eigenvalue weighted by Gasteiger charge is 2.43. The molecule has 0 radical (unpaired) electrons. The first-order chi connectivity index (χ1) is 18.4. The Morgan fingerprint density at radius 2 is 1.89 bits per heavy atom. The van der Waals surface area contributed by atoms with Gasteiger partial charge in [0.1, 0.15) is 11.9 Å². The van der Waals surface area contributed by atoms with Crippen LogP contribution in [0.4, 0.5) is 10.1 Å². The van der Waals surface area contributed by atoms with E-state index < -0.39 is 0 Å². The first kappa shape index (κ1) is 24.5.